The monoisotopic (exact) mass is 500 g/mol. The number of hydrogen-bond donors (Lipinski definition) is 0. The lowest BCUT2D eigenvalue weighted by Gasteiger charge is -2.37. The van der Waals surface area contributed by atoms with Crippen molar-refractivity contribution < 1.29 is 9.53 Å². The van der Waals surface area contributed by atoms with Gasteiger partial charge in [-0.3, -0.25) is 9.59 Å². The lowest BCUT2D eigenvalue weighted by molar-refractivity contribution is -0.135. The number of rotatable bonds is 6. The molecule has 0 radical (unpaired) electrons. The van der Waals surface area contributed by atoms with Gasteiger partial charge in [0.25, 0.3) is 5.56 Å². The van der Waals surface area contributed by atoms with E-state index in [0.717, 1.165) is 17.0 Å². The molecular weight excluding hydrogens is 475 g/mol. The minimum Gasteiger partial charge on any atom is -0.494 e. The van der Waals surface area contributed by atoms with Crippen LogP contribution in [0.3, 0.4) is 0 Å². The summed E-state index contributed by atoms with van der Waals surface area (Å²) >= 11 is 12.5. The Morgan fingerprint density at radius 1 is 1.03 bits per heavy atom. The maximum atomic E-state index is 13.2. The van der Waals surface area contributed by atoms with E-state index in [-0.39, 0.29) is 11.5 Å². The van der Waals surface area contributed by atoms with Crippen LogP contribution < -0.4 is 15.2 Å². The highest BCUT2D eigenvalue weighted by molar-refractivity contribution is 6.43. The third-order valence-corrected chi connectivity index (χ3v) is 6.68. The van der Waals surface area contributed by atoms with E-state index in [9.17, 15) is 9.59 Å². The summed E-state index contributed by atoms with van der Waals surface area (Å²) < 4.78 is 6.74. The molecule has 7 nitrogen and oxygen atoms in total. The van der Waals surface area contributed by atoms with Crippen LogP contribution in [0.2, 0.25) is 10.0 Å². The normalized spacial score (nSPS) is 14.7. The van der Waals surface area contributed by atoms with Crippen molar-refractivity contribution in [3.05, 3.63) is 75.0 Å². The second-order valence-electron chi connectivity index (χ2n) is 8.02. The molecule has 1 amide bonds. The lowest BCUT2D eigenvalue weighted by atomic mass is 10.1. The zero-order chi connectivity index (χ0) is 24.2. The highest BCUT2D eigenvalue weighted by Crippen LogP contribution is 2.33. The fourth-order valence-corrected chi connectivity index (χ4v) is 4.43. The number of nitrogens with zero attached hydrogens (tertiary/aromatic N) is 4. The first kappa shape index (κ1) is 24.1. The van der Waals surface area contributed by atoms with Gasteiger partial charge in [0.15, 0.2) is 0 Å². The molecule has 1 aliphatic heterocycles. The molecule has 2 heterocycles. The fraction of sp³-hybridized carbons (Fsp3) is 0.320. The highest BCUT2D eigenvalue weighted by atomic mass is 35.5. The van der Waals surface area contributed by atoms with E-state index in [2.05, 4.69) is 10.00 Å². The molecular formula is C25H26Cl2N4O3. The maximum absolute atomic E-state index is 13.2. The van der Waals surface area contributed by atoms with Crippen LogP contribution in [0.4, 0.5) is 5.69 Å². The summed E-state index contributed by atoms with van der Waals surface area (Å²) in [6, 6.07) is 15.4. The van der Waals surface area contributed by atoms with Gasteiger partial charge in [-0.05, 0) is 56.3 Å². The molecule has 0 N–H and O–H groups in total. The highest BCUT2D eigenvalue weighted by Gasteiger charge is 2.28. The average molecular weight is 501 g/mol. The number of hydrogen-bond acceptors (Lipinski definition) is 5. The van der Waals surface area contributed by atoms with E-state index in [1.165, 1.54) is 10.7 Å². The Labute approximate surface area is 208 Å². The van der Waals surface area contributed by atoms with E-state index >= 15 is 0 Å². The molecule has 1 saturated heterocycles. The first-order valence-corrected chi connectivity index (χ1v) is 12.0. The fourth-order valence-electron chi connectivity index (χ4n) is 4.02. The minimum atomic E-state index is -0.726. The molecule has 1 atom stereocenters. The number of halogens is 2. The second kappa shape index (κ2) is 10.5. The maximum Gasteiger partial charge on any atom is 0.267 e. The average Bonchev–Trinajstić information content (AvgIpc) is 2.86. The van der Waals surface area contributed by atoms with Crippen molar-refractivity contribution in [2.24, 2.45) is 0 Å². The number of anilines is 1. The van der Waals surface area contributed by atoms with Crippen molar-refractivity contribution in [2.75, 3.05) is 37.7 Å². The first-order valence-electron chi connectivity index (χ1n) is 11.2. The molecule has 178 valence electrons. The standard InChI is InChI=1S/C25H26Cl2N4O3/c1-3-34-19-9-7-18(8-10-19)21-11-12-23(32)31(28-21)17(2)25(33)30-15-13-29(14-16-30)22-6-4-5-20(26)24(22)27/h4-12,17H,3,13-16H2,1-2H3. The molecule has 2 aromatic carbocycles. The van der Waals surface area contributed by atoms with Gasteiger partial charge >= 0.3 is 0 Å². The SMILES string of the molecule is CCOc1ccc(-c2ccc(=O)n(C(C)C(=O)N3CCN(c4cccc(Cl)c4Cl)CC3)n2)cc1. The summed E-state index contributed by atoms with van der Waals surface area (Å²) in [6.45, 7) is 6.48. The molecule has 0 aliphatic carbocycles. The molecule has 4 rings (SSSR count). The van der Waals surface area contributed by atoms with Crippen molar-refractivity contribution in [2.45, 2.75) is 19.9 Å². The zero-order valence-electron chi connectivity index (χ0n) is 19.1. The van der Waals surface area contributed by atoms with Gasteiger partial charge in [0.05, 0.1) is 28.0 Å². The molecule has 1 unspecified atom stereocenters. The number of ether oxygens (including phenoxy) is 1. The van der Waals surface area contributed by atoms with Crippen LogP contribution >= 0.6 is 23.2 Å². The Morgan fingerprint density at radius 3 is 2.41 bits per heavy atom. The van der Waals surface area contributed by atoms with Crippen molar-refractivity contribution in [1.29, 1.82) is 0 Å². The Bertz CT molecular complexity index is 1220. The van der Waals surface area contributed by atoms with Gasteiger partial charge in [-0.15, -0.1) is 0 Å². The summed E-state index contributed by atoms with van der Waals surface area (Å²) in [4.78, 5) is 29.6. The summed E-state index contributed by atoms with van der Waals surface area (Å²) in [6.07, 6.45) is 0. The quantitative estimate of drug-likeness (QED) is 0.497. The van der Waals surface area contributed by atoms with Crippen LogP contribution in [0.5, 0.6) is 5.75 Å². The molecule has 1 aromatic heterocycles. The molecule has 34 heavy (non-hydrogen) atoms. The number of piperazine rings is 1. The predicted molar refractivity (Wildman–Crippen MR) is 135 cm³/mol. The number of benzene rings is 2. The van der Waals surface area contributed by atoms with Crippen LogP contribution in [0.25, 0.3) is 11.3 Å². The number of aromatic nitrogens is 2. The number of amides is 1. The van der Waals surface area contributed by atoms with E-state index in [1.54, 1.807) is 24.0 Å². The Morgan fingerprint density at radius 2 is 1.74 bits per heavy atom. The Hall–Kier alpha value is -3.03. The van der Waals surface area contributed by atoms with Crippen molar-refractivity contribution in [1.82, 2.24) is 14.7 Å². The topological polar surface area (TPSA) is 67.7 Å². The first-order chi connectivity index (χ1) is 16.4. The molecule has 0 saturated carbocycles. The Balaban J connectivity index is 1.47. The van der Waals surface area contributed by atoms with Gasteiger partial charge in [-0.2, -0.15) is 5.10 Å². The third kappa shape index (κ3) is 5.05. The lowest BCUT2D eigenvalue weighted by Crippen LogP contribution is -2.51. The molecule has 0 spiro atoms. The van der Waals surface area contributed by atoms with Crippen molar-refractivity contribution in [3.8, 4) is 17.0 Å². The van der Waals surface area contributed by atoms with Crippen molar-refractivity contribution in [3.63, 3.8) is 0 Å². The summed E-state index contributed by atoms with van der Waals surface area (Å²) in [5.41, 5.74) is 1.99. The largest absolute Gasteiger partial charge is 0.494 e. The van der Waals surface area contributed by atoms with Crippen LogP contribution in [-0.4, -0.2) is 53.4 Å². The molecule has 1 fully saturated rings. The van der Waals surface area contributed by atoms with Crippen LogP contribution in [-0.2, 0) is 4.79 Å². The summed E-state index contributed by atoms with van der Waals surface area (Å²) in [5, 5.41) is 5.51. The van der Waals surface area contributed by atoms with Crippen LogP contribution in [0.15, 0.2) is 59.4 Å². The van der Waals surface area contributed by atoms with E-state index in [1.807, 2.05) is 43.3 Å². The van der Waals surface area contributed by atoms with Gasteiger partial charge < -0.3 is 14.5 Å². The zero-order valence-corrected chi connectivity index (χ0v) is 20.6. The molecule has 1 aliphatic rings. The number of carbonyl (C=O) groups excluding carboxylic acids is 1. The van der Waals surface area contributed by atoms with Crippen LogP contribution in [0.1, 0.15) is 19.9 Å². The van der Waals surface area contributed by atoms with E-state index in [0.29, 0.717) is 48.5 Å². The van der Waals surface area contributed by atoms with Gasteiger partial charge in [-0.1, -0.05) is 29.3 Å². The van der Waals surface area contributed by atoms with Crippen molar-refractivity contribution >= 4 is 34.8 Å². The predicted octanol–water partition coefficient (Wildman–Crippen LogP) is 4.53. The number of carbonyl (C=O) groups is 1. The second-order valence-corrected chi connectivity index (χ2v) is 8.81. The van der Waals surface area contributed by atoms with Gasteiger partial charge in [-0.25, -0.2) is 4.68 Å². The molecule has 0 bridgehead atoms. The minimum absolute atomic E-state index is 0.143. The van der Waals surface area contributed by atoms with E-state index < -0.39 is 6.04 Å². The summed E-state index contributed by atoms with van der Waals surface area (Å²) in [7, 11) is 0. The molecule has 3 aromatic rings. The van der Waals surface area contributed by atoms with Gasteiger partial charge in [0.2, 0.25) is 5.91 Å². The third-order valence-electron chi connectivity index (χ3n) is 5.87. The van der Waals surface area contributed by atoms with Gasteiger partial charge in [0.1, 0.15) is 11.8 Å². The van der Waals surface area contributed by atoms with E-state index in [4.69, 9.17) is 27.9 Å². The summed E-state index contributed by atoms with van der Waals surface area (Å²) in [5.74, 6) is 0.622. The van der Waals surface area contributed by atoms with Gasteiger partial charge in [0, 0.05) is 37.8 Å². The smallest absolute Gasteiger partial charge is 0.267 e. The Kier molecular flexibility index (Phi) is 7.44. The van der Waals surface area contributed by atoms with Crippen LogP contribution in [0, 0.1) is 0 Å². The molecule has 9 heteroatoms.